The van der Waals surface area contributed by atoms with Gasteiger partial charge in [-0.3, -0.25) is 14.5 Å². The van der Waals surface area contributed by atoms with E-state index in [1.165, 1.54) is 5.56 Å². The molecule has 1 aromatic heterocycles. The zero-order chi connectivity index (χ0) is 25.3. The highest BCUT2D eigenvalue weighted by Crippen LogP contribution is 2.31. The molecule has 35 heavy (non-hydrogen) atoms. The number of aromatic nitrogens is 1. The maximum Gasteiger partial charge on any atom is 0.347 e. The number of rotatable bonds is 8. The molecule has 0 unspecified atom stereocenters. The molecule has 4 rings (SSSR count). The Morgan fingerprint density at radius 3 is 2.54 bits per heavy atom. The summed E-state index contributed by atoms with van der Waals surface area (Å²) in [6.45, 7) is 8.36. The number of Topliss-reactive ketones (excluding diaryl/α,β-unsaturated/α-hetero) is 1. The second-order valence-corrected chi connectivity index (χ2v) is 11.4. The Labute approximate surface area is 215 Å². The minimum absolute atomic E-state index is 0.0345. The van der Waals surface area contributed by atoms with Crippen LogP contribution in [-0.4, -0.2) is 62.7 Å². The lowest BCUT2D eigenvalue weighted by Gasteiger charge is -2.39. The second-order valence-electron chi connectivity index (χ2n) is 9.87. The molecule has 1 atom stereocenters. The molecule has 2 aliphatic heterocycles. The molecule has 0 radical (unpaired) electrons. The summed E-state index contributed by atoms with van der Waals surface area (Å²) >= 11 is 7.22. The fourth-order valence-electron chi connectivity index (χ4n) is 5.16. The number of ketones is 1. The molecule has 0 aliphatic carbocycles. The van der Waals surface area contributed by atoms with Crippen LogP contribution < -0.4 is 0 Å². The molecule has 7 nitrogen and oxygen atoms in total. The number of thiazole rings is 1. The van der Waals surface area contributed by atoms with Gasteiger partial charge in [-0.05, 0) is 49.3 Å². The second kappa shape index (κ2) is 10.8. The summed E-state index contributed by atoms with van der Waals surface area (Å²) in [5.74, 6) is -1.05. The quantitative estimate of drug-likeness (QED) is 0.546. The number of aryl methyl sites for hydroxylation is 1. The Kier molecular flexibility index (Phi) is 7.93. The minimum atomic E-state index is -1.01. The molecule has 9 heteroatoms. The van der Waals surface area contributed by atoms with E-state index in [4.69, 9.17) is 11.6 Å². The monoisotopic (exact) mass is 517 g/mol. The summed E-state index contributed by atoms with van der Waals surface area (Å²) in [5.41, 5.74) is 2.81. The molecule has 1 aromatic carbocycles. The molecule has 1 N–H and O–H groups in total. The van der Waals surface area contributed by atoms with E-state index in [1.54, 1.807) is 0 Å². The van der Waals surface area contributed by atoms with Crippen LogP contribution in [0.15, 0.2) is 18.2 Å². The number of piperidine rings is 1. The maximum atomic E-state index is 13.2. The van der Waals surface area contributed by atoms with Gasteiger partial charge in [0, 0.05) is 37.1 Å². The number of carbonyl (C=O) groups is 3. The number of hydrogen-bond donors (Lipinski definition) is 1. The van der Waals surface area contributed by atoms with Crippen molar-refractivity contribution in [2.24, 2.45) is 0 Å². The van der Waals surface area contributed by atoms with Crippen molar-refractivity contribution < 1.29 is 19.5 Å². The van der Waals surface area contributed by atoms with Gasteiger partial charge in [-0.25, -0.2) is 9.78 Å². The predicted octanol–water partition coefficient (Wildman–Crippen LogP) is 4.69. The van der Waals surface area contributed by atoms with E-state index in [0.29, 0.717) is 23.5 Å². The number of hydrogen-bond acceptors (Lipinski definition) is 6. The lowest BCUT2D eigenvalue weighted by molar-refractivity contribution is -0.137. The molecule has 0 bridgehead atoms. The number of amides is 1. The highest BCUT2D eigenvalue weighted by molar-refractivity contribution is 7.13. The van der Waals surface area contributed by atoms with Gasteiger partial charge in [0.05, 0.1) is 18.2 Å². The standard InChI is InChI=1S/C26H32ClN3O4S/c1-15(2)24-25(26(33)34)35-22(28-24)13-21(31)20-6-7-23(32)30(20)18-8-10-29(11-9-18)14-17-4-5-19(27)16(3)12-17/h4-5,12,15,18,20H,6-11,13-14H2,1-3H3,(H,33,34)/t20-/m1/s1. The predicted molar refractivity (Wildman–Crippen MR) is 136 cm³/mol. The third-order valence-electron chi connectivity index (χ3n) is 6.97. The van der Waals surface area contributed by atoms with E-state index in [1.807, 2.05) is 31.7 Å². The molecule has 2 aliphatic rings. The first-order valence-corrected chi connectivity index (χ1v) is 13.4. The average Bonchev–Trinajstić information content (AvgIpc) is 3.41. The number of benzene rings is 1. The first kappa shape index (κ1) is 25.8. The number of carboxylic acids is 1. The fourth-order valence-corrected chi connectivity index (χ4v) is 6.35. The van der Waals surface area contributed by atoms with Gasteiger partial charge in [0.2, 0.25) is 5.91 Å². The minimum Gasteiger partial charge on any atom is -0.477 e. The van der Waals surface area contributed by atoms with Crippen molar-refractivity contribution in [3.05, 3.63) is 49.9 Å². The number of carbonyl (C=O) groups excluding carboxylic acids is 2. The van der Waals surface area contributed by atoms with E-state index < -0.39 is 12.0 Å². The first-order valence-electron chi connectivity index (χ1n) is 12.2. The van der Waals surface area contributed by atoms with Crippen molar-refractivity contribution in [2.75, 3.05) is 13.1 Å². The van der Waals surface area contributed by atoms with Crippen LogP contribution in [0.5, 0.6) is 0 Å². The van der Waals surface area contributed by atoms with Gasteiger partial charge in [0.15, 0.2) is 5.78 Å². The lowest BCUT2D eigenvalue weighted by atomic mass is 9.99. The molecule has 2 saturated heterocycles. The number of likely N-dealkylation sites (tertiary alicyclic amines) is 2. The summed E-state index contributed by atoms with van der Waals surface area (Å²) in [6, 6.07) is 5.71. The molecule has 3 heterocycles. The molecule has 188 valence electrons. The largest absolute Gasteiger partial charge is 0.477 e. The Morgan fingerprint density at radius 2 is 1.94 bits per heavy atom. The van der Waals surface area contributed by atoms with Crippen molar-refractivity contribution in [1.82, 2.24) is 14.8 Å². The Bertz CT molecular complexity index is 1120. The first-order chi connectivity index (χ1) is 16.6. The van der Waals surface area contributed by atoms with Gasteiger partial charge in [-0.15, -0.1) is 11.3 Å². The number of halogens is 1. The number of nitrogens with zero attached hydrogens (tertiary/aromatic N) is 3. The Morgan fingerprint density at radius 1 is 1.23 bits per heavy atom. The third kappa shape index (κ3) is 5.76. The maximum absolute atomic E-state index is 13.2. The van der Waals surface area contributed by atoms with Crippen LogP contribution in [0.4, 0.5) is 0 Å². The van der Waals surface area contributed by atoms with E-state index in [-0.39, 0.29) is 34.9 Å². The smallest absolute Gasteiger partial charge is 0.347 e. The Balaban J connectivity index is 1.39. The van der Waals surface area contributed by atoms with E-state index in [9.17, 15) is 19.5 Å². The molecule has 2 fully saturated rings. The highest BCUT2D eigenvalue weighted by Gasteiger charge is 2.41. The van der Waals surface area contributed by atoms with E-state index >= 15 is 0 Å². The Hall–Kier alpha value is -2.29. The van der Waals surface area contributed by atoms with Gasteiger partial charge in [0.25, 0.3) is 0 Å². The topological polar surface area (TPSA) is 90.8 Å². The average molecular weight is 518 g/mol. The summed E-state index contributed by atoms with van der Waals surface area (Å²) in [6.07, 6.45) is 2.65. The van der Waals surface area contributed by atoms with Crippen LogP contribution in [0.3, 0.4) is 0 Å². The van der Waals surface area contributed by atoms with Crippen LogP contribution in [0.2, 0.25) is 5.02 Å². The lowest BCUT2D eigenvalue weighted by Crippen LogP contribution is -2.50. The van der Waals surface area contributed by atoms with Crippen molar-refractivity contribution >= 4 is 40.6 Å². The summed E-state index contributed by atoms with van der Waals surface area (Å²) in [7, 11) is 0. The van der Waals surface area contributed by atoms with Crippen molar-refractivity contribution in [2.45, 2.75) is 77.4 Å². The van der Waals surface area contributed by atoms with Gasteiger partial charge in [0.1, 0.15) is 9.88 Å². The van der Waals surface area contributed by atoms with Crippen molar-refractivity contribution in [1.29, 1.82) is 0 Å². The van der Waals surface area contributed by atoms with E-state index in [2.05, 4.69) is 22.0 Å². The number of aromatic carboxylic acids is 1. The summed E-state index contributed by atoms with van der Waals surface area (Å²) in [4.78, 5) is 46.5. The highest BCUT2D eigenvalue weighted by atomic mass is 35.5. The van der Waals surface area contributed by atoms with Gasteiger partial charge in [-0.2, -0.15) is 0 Å². The molecule has 1 amide bonds. The van der Waals surface area contributed by atoms with Gasteiger partial charge < -0.3 is 10.0 Å². The summed E-state index contributed by atoms with van der Waals surface area (Å²) in [5, 5.41) is 10.8. The number of carboxylic acid groups (broad SMARTS) is 1. The van der Waals surface area contributed by atoms with Gasteiger partial charge >= 0.3 is 5.97 Å². The van der Waals surface area contributed by atoms with Crippen LogP contribution in [0.25, 0.3) is 0 Å². The molecular formula is C26H32ClN3O4S. The zero-order valence-electron chi connectivity index (χ0n) is 20.4. The third-order valence-corrected chi connectivity index (χ3v) is 8.45. The van der Waals surface area contributed by atoms with Crippen LogP contribution >= 0.6 is 22.9 Å². The van der Waals surface area contributed by atoms with Crippen molar-refractivity contribution in [3.8, 4) is 0 Å². The van der Waals surface area contributed by atoms with Crippen molar-refractivity contribution in [3.63, 3.8) is 0 Å². The molecule has 2 aromatic rings. The summed E-state index contributed by atoms with van der Waals surface area (Å²) < 4.78 is 0. The molecular weight excluding hydrogens is 486 g/mol. The zero-order valence-corrected chi connectivity index (χ0v) is 22.0. The van der Waals surface area contributed by atoms with Crippen LogP contribution in [0, 0.1) is 6.92 Å². The SMILES string of the molecule is Cc1cc(CN2CCC(N3C(=O)CC[C@@H]3C(=O)Cc3nc(C(C)C)c(C(=O)O)s3)CC2)ccc1Cl. The fraction of sp³-hybridized carbons (Fsp3) is 0.538. The van der Waals surface area contributed by atoms with Crippen LogP contribution in [0.1, 0.15) is 76.9 Å². The van der Waals surface area contributed by atoms with E-state index in [0.717, 1.165) is 54.4 Å². The normalized spacial score (nSPS) is 19.6. The van der Waals surface area contributed by atoms with Gasteiger partial charge in [-0.1, -0.05) is 37.6 Å². The molecule has 0 spiro atoms. The molecule has 0 saturated carbocycles. The van der Waals surface area contributed by atoms with Crippen LogP contribution in [-0.2, 0) is 22.6 Å².